The van der Waals surface area contributed by atoms with Crippen LogP contribution in [-0.4, -0.2) is 38.2 Å². The van der Waals surface area contributed by atoms with E-state index in [2.05, 4.69) is 17.4 Å². The first-order chi connectivity index (χ1) is 3.83. The number of hydrogen-bond acceptors (Lipinski definition) is 3. The third-order valence-corrected chi connectivity index (χ3v) is 1.32. The number of likely N-dealkylation sites (tertiary alicyclic amines) is 1. The predicted octanol–water partition coefficient (Wildman–Crippen LogP) is -0.549. The summed E-state index contributed by atoms with van der Waals surface area (Å²) in [7, 11) is 3.87. The molecule has 0 radical (unpaired) electrons. The molecule has 0 unspecified atom stereocenters. The van der Waals surface area contributed by atoms with Gasteiger partial charge in [0.05, 0.1) is 0 Å². The molecule has 0 bridgehead atoms. The smallest absolute Gasteiger partial charge is 0.104 e. The van der Waals surface area contributed by atoms with Gasteiger partial charge in [0.15, 0.2) is 0 Å². The zero-order chi connectivity index (χ0) is 5.98. The SMILES string of the molecule is CNOC1CN(C)C1. The largest absolute Gasteiger partial charge is 0.301 e. The van der Waals surface area contributed by atoms with Gasteiger partial charge >= 0.3 is 0 Å². The van der Waals surface area contributed by atoms with Crippen LogP contribution >= 0.6 is 0 Å². The molecule has 0 atom stereocenters. The number of nitrogens with one attached hydrogen (secondary N) is 1. The van der Waals surface area contributed by atoms with Crippen molar-refractivity contribution >= 4 is 0 Å². The van der Waals surface area contributed by atoms with E-state index in [1.54, 1.807) is 7.05 Å². The molecule has 1 aliphatic rings. The van der Waals surface area contributed by atoms with Gasteiger partial charge in [-0.2, -0.15) is 0 Å². The lowest BCUT2D eigenvalue weighted by Gasteiger charge is -2.34. The topological polar surface area (TPSA) is 24.5 Å². The van der Waals surface area contributed by atoms with Crippen LogP contribution in [0.1, 0.15) is 0 Å². The highest BCUT2D eigenvalue weighted by molar-refractivity contribution is 4.76. The van der Waals surface area contributed by atoms with Crippen molar-refractivity contribution < 1.29 is 4.84 Å². The molecular weight excluding hydrogens is 104 g/mol. The fraction of sp³-hybridized carbons (Fsp3) is 1.00. The van der Waals surface area contributed by atoms with Crippen LogP contribution in [0.25, 0.3) is 0 Å². The molecular formula is C5H12N2O. The van der Waals surface area contributed by atoms with Gasteiger partial charge in [0.2, 0.25) is 0 Å². The van der Waals surface area contributed by atoms with Gasteiger partial charge in [-0.1, -0.05) is 0 Å². The first kappa shape index (κ1) is 6.01. The summed E-state index contributed by atoms with van der Waals surface area (Å²) in [6, 6.07) is 0. The number of rotatable bonds is 2. The summed E-state index contributed by atoms with van der Waals surface area (Å²) < 4.78 is 0. The van der Waals surface area contributed by atoms with Gasteiger partial charge in [0.1, 0.15) is 6.10 Å². The summed E-state index contributed by atoms with van der Waals surface area (Å²) in [5.41, 5.74) is 2.66. The van der Waals surface area contributed by atoms with Crippen molar-refractivity contribution in [1.29, 1.82) is 0 Å². The summed E-state index contributed by atoms with van der Waals surface area (Å²) in [6.45, 7) is 2.11. The number of likely N-dealkylation sites (N-methyl/N-ethyl adjacent to an activating group) is 1. The normalized spacial score (nSPS) is 23.2. The average Bonchev–Trinajstić information content (AvgIpc) is 1.64. The van der Waals surface area contributed by atoms with E-state index in [1.165, 1.54) is 0 Å². The molecule has 8 heavy (non-hydrogen) atoms. The number of hydrogen-bond donors (Lipinski definition) is 1. The molecule has 1 fully saturated rings. The second kappa shape index (κ2) is 2.44. The van der Waals surface area contributed by atoms with Crippen LogP contribution in [0.5, 0.6) is 0 Å². The Morgan fingerprint density at radius 1 is 1.62 bits per heavy atom. The second-order valence-electron chi connectivity index (χ2n) is 2.17. The molecule has 1 saturated heterocycles. The van der Waals surface area contributed by atoms with E-state index in [-0.39, 0.29) is 0 Å². The molecule has 1 N–H and O–H groups in total. The van der Waals surface area contributed by atoms with Crippen LogP contribution in [0.2, 0.25) is 0 Å². The molecule has 0 saturated carbocycles. The van der Waals surface area contributed by atoms with Crippen molar-refractivity contribution in [2.45, 2.75) is 6.10 Å². The maximum absolute atomic E-state index is 5.06. The Balaban J connectivity index is 1.98. The van der Waals surface area contributed by atoms with E-state index in [1.807, 2.05) is 0 Å². The van der Waals surface area contributed by atoms with E-state index < -0.39 is 0 Å². The Bertz CT molecular complexity index is 68.1. The Labute approximate surface area is 49.6 Å². The Morgan fingerprint density at radius 2 is 2.25 bits per heavy atom. The van der Waals surface area contributed by atoms with Crippen LogP contribution < -0.4 is 5.48 Å². The van der Waals surface area contributed by atoms with Gasteiger partial charge in [-0.15, -0.1) is 0 Å². The summed E-state index contributed by atoms with van der Waals surface area (Å²) >= 11 is 0. The van der Waals surface area contributed by atoms with Crippen molar-refractivity contribution in [1.82, 2.24) is 10.4 Å². The molecule has 0 amide bonds. The average molecular weight is 116 g/mol. The third-order valence-electron chi connectivity index (χ3n) is 1.32. The van der Waals surface area contributed by atoms with Crippen molar-refractivity contribution in [2.75, 3.05) is 27.2 Å². The molecule has 3 nitrogen and oxygen atoms in total. The minimum atomic E-state index is 0.421. The lowest BCUT2D eigenvalue weighted by Crippen LogP contribution is -2.51. The monoisotopic (exact) mass is 116 g/mol. The summed E-state index contributed by atoms with van der Waals surface area (Å²) in [5.74, 6) is 0. The summed E-state index contributed by atoms with van der Waals surface area (Å²) in [6.07, 6.45) is 0.421. The van der Waals surface area contributed by atoms with Crippen LogP contribution in [0.4, 0.5) is 0 Å². The minimum Gasteiger partial charge on any atom is -0.301 e. The quantitative estimate of drug-likeness (QED) is 0.490. The van der Waals surface area contributed by atoms with Gasteiger partial charge in [-0.05, 0) is 7.05 Å². The van der Waals surface area contributed by atoms with Gasteiger partial charge in [-0.3, -0.25) is 4.84 Å². The molecule has 0 aromatic heterocycles. The van der Waals surface area contributed by atoms with Crippen LogP contribution in [-0.2, 0) is 4.84 Å². The molecule has 0 aromatic carbocycles. The van der Waals surface area contributed by atoms with Gasteiger partial charge < -0.3 is 4.90 Å². The molecule has 3 heteroatoms. The highest BCUT2D eigenvalue weighted by Crippen LogP contribution is 2.05. The molecule has 0 aromatic rings. The lowest BCUT2D eigenvalue weighted by molar-refractivity contribution is -0.0859. The highest BCUT2D eigenvalue weighted by atomic mass is 16.7. The molecule has 1 aliphatic heterocycles. The van der Waals surface area contributed by atoms with Crippen molar-refractivity contribution in [3.63, 3.8) is 0 Å². The van der Waals surface area contributed by atoms with Crippen LogP contribution in [0, 0.1) is 0 Å². The van der Waals surface area contributed by atoms with E-state index >= 15 is 0 Å². The minimum absolute atomic E-state index is 0.421. The predicted molar refractivity (Wildman–Crippen MR) is 31.4 cm³/mol. The summed E-state index contributed by atoms with van der Waals surface area (Å²) in [4.78, 5) is 7.27. The number of nitrogens with zero attached hydrogens (tertiary/aromatic N) is 1. The zero-order valence-electron chi connectivity index (χ0n) is 5.35. The number of hydroxylamine groups is 1. The lowest BCUT2D eigenvalue weighted by atomic mass is 10.2. The van der Waals surface area contributed by atoms with E-state index in [0.717, 1.165) is 13.1 Å². The standard InChI is InChI=1S/C5H12N2O/c1-6-8-5-3-7(2)4-5/h5-6H,3-4H2,1-2H3. The first-order valence-corrected chi connectivity index (χ1v) is 2.84. The molecule has 1 heterocycles. The molecule has 0 spiro atoms. The fourth-order valence-electron chi connectivity index (χ4n) is 0.883. The Kier molecular flexibility index (Phi) is 1.83. The van der Waals surface area contributed by atoms with E-state index in [0.29, 0.717) is 6.10 Å². The molecule has 48 valence electrons. The van der Waals surface area contributed by atoms with Crippen molar-refractivity contribution in [2.24, 2.45) is 0 Å². The molecule has 1 rings (SSSR count). The van der Waals surface area contributed by atoms with Crippen LogP contribution in [0.15, 0.2) is 0 Å². The maximum Gasteiger partial charge on any atom is 0.104 e. The van der Waals surface area contributed by atoms with Crippen molar-refractivity contribution in [3.05, 3.63) is 0 Å². The Morgan fingerprint density at radius 3 is 2.62 bits per heavy atom. The second-order valence-corrected chi connectivity index (χ2v) is 2.17. The zero-order valence-corrected chi connectivity index (χ0v) is 5.35. The maximum atomic E-state index is 5.06. The van der Waals surface area contributed by atoms with Gasteiger partial charge in [-0.25, -0.2) is 5.48 Å². The van der Waals surface area contributed by atoms with Crippen LogP contribution in [0.3, 0.4) is 0 Å². The van der Waals surface area contributed by atoms with Gasteiger partial charge in [0, 0.05) is 20.1 Å². The Hall–Kier alpha value is -0.120. The fourth-order valence-corrected chi connectivity index (χ4v) is 0.883. The van der Waals surface area contributed by atoms with Gasteiger partial charge in [0.25, 0.3) is 0 Å². The summed E-state index contributed by atoms with van der Waals surface area (Å²) in [5, 5.41) is 0. The van der Waals surface area contributed by atoms with Crippen molar-refractivity contribution in [3.8, 4) is 0 Å². The van der Waals surface area contributed by atoms with E-state index in [4.69, 9.17) is 4.84 Å². The molecule has 0 aliphatic carbocycles. The highest BCUT2D eigenvalue weighted by Gasteiger charge is 2.23. The third kappa shape index (κ3) is 1.18. The van der Waals surface area contributed by atoms with E-state index in [9.17, 15) is 0 Å². The first-order valence-electron chi connectivity index (χ1n) is 2.84.